The number of ether oxygens (including phenoxy) is 1. The maximum absolute atomic E-state index is 5.09. The number of methoxy groups -OCH3 is 1. The summed E-state index contributed by atoms with van der Waals surface area (Å²) in [5.41, 5.74) is 1.26. The molecule has 1 heterocycles. The molecular formula is C15H20N4O. The Balaban J connectivity index is 2.06. The van der Waals surface area contributed by atoms with Crippen molar-refractivity contribution in [3.8, 4) is 5.88 Å². The summed E-state index contributed by atoms with van der Waals surface area (Å²) in [6.07, 6.45) is 1.68. The standard InChI is InChI=1S/C15H20N4O/c1-19(2)13(12-7-5-4-6-8-12)11-17-15-16-10-9-14(18-15)20-3/h4-10,13H,11H2,1-3H3,(H,16,17,18). The maximum atomic E-state index is 5.09. The Labute approximate surface area is 119 Å². The minimum absolute atomic E-state index is 0.256. The third-order valence-corrected chi connectivity index (χ3v) is 3.10. The summed E-state index contributed by atoms with van der Waals surface area (Å²) in [6.45, 7) is 0.726. The molecule has 0 saturated heterocycles. The molecular weight excluding hydrogens is 252 g/mol. The van der Waals surface area contributed by atoms with Gasteiger partial charge in [-0.15, -0.1) is 0 Å². The molecule has 0 radical (unpaired) electrons. The molecule has 1 atom stereocenters. The summed E-state index contributed by atoms with van der Waals surface area (Å²) < 4.78 is 5.09. The number of benzene rings is 1. The Hall–Kier alpha value is -2.14. The van der Waals surface area contributed by atoms with Crippen molar-refractivity contribution in [3.63, 3.8) is 0 Å². The van der Waals surface area contributed by atoms with Crippen LogP contribution in [0.5, 0.6) is 5.88 Å². The number of rotatable bonds is 6. The molecule has 1 aromatic carbocycles. The first-order chi connectivity index (χ1) is 9.70. The van der Waals surface area contributed by atoms with Gasteiger partial charge in [-0.1, -0.05) is 30.3 Å². The Morgan fingerprint density at radius 2 is 1.95 bits per heavy atom. The van der Waals surface area contributed by atoms with Crippen molar-refractivity contribution < 1.29 is 4.74 Å². The normalized spacial score (nSPS) is 12.2. The quantitative estimate of drug-likeness (QED) is 0.873. The van der Waals surface area contributed by atoms with Gasteiger partial charge in [-0.3, -0.25) is 0 Å². The Kier molecular flexibility index (Phi) is 4.90. The van der Waals surface area contributed by atoms with Crippen molar-refractivity contribution in [3.05, 3.63) is 48.2 Å². The topological polar surface area (TPSA) is 50.3 Å². The minimum Gasteiger partial charge on any atom is -0.481 e. The molecule has 1 N–H and O–H groups in total. The third kappa shape index (κ3) is 3.68. The fourth-order valence-corrected chi connectivity index (χ4v) is 2.00. The maximum Gasteiger partial charge on any atom is 0.226 e. The molecule has 1 aromatic heterocycles. The van der Waals surface area contributed by atoms with Gasteiger partial charge in [0.15, 0.2) is 0 Å². The molecule has 5 heteroatoms. The number of hydrogen-bond acceptors (Lipinski definition) is 5. The van der Waals surface area contributed by atoms with E-state index in [1.165, 1.54) is 5.56 Å². The van der Waals surface area contributed by atoms with E-state index < -0.39 is 0 Å². The van der Waals surface area contributed by atoms with Gasteiger partial charge >= 0.3 is 0 Å². The van der Waals surface area contributed by atoms with Gasteiger partial charge in [-0.05, 0) is 19.7 Å². The Morgan fingerprint density at radius 1 is 1.20 bits per heavy atom. The molecule has 0 spiro atoms. The molecule has 0 aliphatic heterocycles. The highest BCUT2D eigenvalue weighted by Crippen LogP contribution is 2.18. The molecule has 0 amide bonds. The fourth-order valence-electron chi connectivity index (χ4n) is 2.00. The lowest BCUT2D eigenvalue weighted by atomic mass is 10.1. The largest absolute Gasteiger partial charge is 0.481 e. The first-order valence-electron chi connectivity index (χ1n) is 6.53. The summed E-state index contributed by atoms with van der Waals surface area (Å²) >= 11 is 0. The van der Waals surface area contributed by atoms with E-state index in [-0.39, 0.29) is 6.04 Å². The van der Waals surface area contributed by atoms with E-state index in [4.69, 9.17) is 4.74 Å². The number of aromatic nitrogens is 2. The predicted octanol–water partition coefficient (Wildman–Crippen LogP) is 2.20. The molecule has 2 aromatic rings. The predicted molar refractivity (Wildman–Crippen MR) is 79.9 cm³/mol. The van der Waals surface area contributed by atoms with Crippen LogP contribution in [-0.2, 0) is 0 Å². The second-order valence-electron chi connectivity index (χ2n) is 4.69. The molecule has 5 nitrogen and oxygen atoms in total. The first-order valence-corrected chi connectivity index (χ1v) is 6.53. The average molecular weight is 272 g/mol. The van der Waals surface area contributed by atoms with Crippen LogP contribution in [0.2, 0.25) is 0 Å². The summed E-state index contributed by atoms with van der Waals surface area (Å²) in [7, 11) is 5.72. The molecule has 106 valence electrons. The van der Waals surface area contributed by atoms with Crippen LogP contribution in [0.1, 0.15) is 11.6 Å². The molecule has 20 heavy (non-hydrogen) atoms. The van der Waals surface area contributed by atoms with Crippen molar-refractivity contribution >= 4 is 5.95 Å². The van der Waals surface area contributed by atoms with Gasteiger partial charge < -0.3 is 15.0 Å². The summed E-state index contributed by atoms with van der Waals surface area (Å²) in [4.78, 5) is 10.6. The summed E-state index contributed by atoms with van der Waals surface area (Å²) in [6, 6.07) is 12.4. The zero-order valence-electron chi connectivity index (χ0n) is 12.1. The van der Waals surface area contributed by atoms with Crippen LogP contribution in [0, 0.1) is 0 Å². The van der Waals surface area contributed by atoms with Gasteiger partial charge in [-0.25, -0.2) is 4.98 Å². The number of anilines is 1. The van der Waals surface area contributed by atoms with Gasteiger partial charge in [0.05, 0.1) is 13.2 Å². The second-order valence-corrected chi connectivity index (χ2v) is 4.69. The molecule has 1 unspecified atom stereocenters. The third-order valence-electron chi connectivity index (χ3n) is 3.10. The van der Waals surface area contributed by atoms with Crippen molar-refractivity contribution in [2.45, 2.75) is 6.04 Å². The zero-order valence-corrected chi connectivity index (χ0v) is 12.1. The van der Waals surface area contributed by atoms with Crippen LogP contribution in [0.4, 0.5) is 5.95 Å². The lowest BCUT2D eigenvalue weighted by molar-refractivity contribution is 0.311. The van der Waals surface area contributed by atoms with Crippen LogP contribution in [0.3, 0.4) is 0 Å². The lowest BCUT2D eigenvalue weighted by Gasteiger charge is -2.25. The number of likely N-dealkylation sites (N-methyl/N-ethyl adjacent to an activating group) is 1. The van der Waals surface area contributed by atoms with E-state index in [0.717, 1.165) is 6.54 Å². The van der Waals surface area contributed by atoms with E-state index in [1.807, 2.05) is 18.2 Å². The molecule has 0 saturated carbocycles. The van der Waals surface area contributed by atoms with E-state index in [0.29, 0.717) is 11.8 Å². The van der Waals surface area contributed by atoms with Crippen molar-refractivity contribution in [1.82, 2.24) is 14.9 Å². The Morgan fingerprint density at radius 3 is 2.60 bits per heavy atom. The van der Waals surface area contributed by atoms with Gasteiger partial charge in [-0.2, -0.15) is 4.98 Å². The molecule has 0 bridgehead atoms. The van der Waals surface area contributed by atoms with Gasteiger partial charge in [0.25, 0.3) is 0 Å². The SMILES string of the molecule is COc1ccnc(NCC(c2ccccc2)N(C)C)n1. The molecule has 0 fully saturated rings. The first kappa shape index (κ1) is 14.3. The minimum atomic E-state index is 0.256. The van der Waals surface area contributed by atoms with Gasteiger partial charge in [0, 0.05) is 18.8 Å². The van der Waals surface area contributed by atoms with E-state index >= 15 is 0 Å². The summed E-state index contributed by atoms with van der Waals surface area (Å²) in [5.74, 6) is 1.13. The fraction of sp³-hybridized carbons (Fsp3) is 0.333. The smallest absolute Gasteiger partial charge is 0.226 e. The second kappa shape index (κ2) is 6.86. The van der Waals surface area contributed by atoms with Gasteiger partial charge in [0.1, 0.15) is 0 Å². The average Bonchev–Trinajstić information content (AvgIpc) is 2.48. The highest BCUT2D eigenvalue weighted by Gasteiger charge is 2.14. The van der Waals surface area contributed by atoms with Crippen molar-refractivity contribution in [2.24, 2.45) is 0 Å². The Bertz CT molecular complexity index is 530. The number of nitrogens with one attached hydrogen (secondary N) is 1. The number of hydrogen-bond donors (Lipinski definition) is 1. The van der Waals surface area contributed by atoms with Crippen molar-refractivity contribution in [1.29, 1.82) is 0 Å². The van der Waals surface area contributed by atoms with E-state index in [9.17, 15) is 0 Å². The summed E-state index contributed by atoms with van der Waals surface area (Å²) in [5, 5.41) is 3.26. The monoisotopic (exact) mass is 272 g/mol. The zero-order chi connectivity index (χ0) is 14.4. The lowest BCUT2D eigenvalue weighted by Crippen LogP contribution is -2.27. The van der Waals surface area contributed by atoms with E-state index in [1.54, 1.807) is 19.4 Å². The van der Waals surface area contributed by atoms with Crippen molar-refractivity contribution in [2.75, 3.05) is 33.1 Å². The molecule has 0 aliphatic rings. The van der Waals surface area contributed by atoms with Crippen LogP contribution in [0.15, 0.2) is 42.6 Å². The molecule has 0 aliphatic carbocycles. The molecule has 2 rings (SSSR count). The van der Waals surface area contributed by atoms with Gasteiger partial charge in [0.2, 0.25) is 11.8 Å². The number of nitrogens with zero attached hydrogens (tertiary/aromatic N) is 3. The van der Waals surface area contributed by atoms with Crippen LogP contribution in [-0.4, -0.2) is 42.6 Å². The van der Waals surface area contributed by atoms with Crippen LogP contribution < -0.4 is 10.1 Å². The highest BCUT2D eigenvalue weighted by molar-refractivity contribution is 5.29. The van der Waals surface area contributed by atoms with Crippen LogP contribution in [0.25, 0.3) is 0 Å². The highest BCUT2D eigenvalue weighted by atomic mass is 16.5. The van der Waals surface area contributed by atoms with E-state index in [2.05, 4.69) is 46.4 Å². The van der Waals surface area contributed by atoms with Crippen LogP contribution >= 0.6 is 0 Å².